The zero-order chi connectivity index (χ0) is 103. The summed E-state index contributed by atoms with van der Waals surface area (Å²) in [6.07, 6.45) is 7.16. The minimum atomic E-state index is -2.37. The molecule has 24 rings (SSSR count). The average molecular weight is 1730 g/mol. The zero-order valence-electron chi connectivity index (χ0n) is 90.1. The average Bonchev–Trinajstić information content (AvgIpc) is 1.50. The molecule has 15 aromatic carbocycles. The maximum Gasteiger partial charge on any atom is 0.228 e. The molecular weight excluding hydrogens is 1610 g/mol. The van der Waals surface area contributed by atoms with Crippen molar-refractivity contribution in [2.24, 2.45) is 28.2 Å². The molecule has 0 N–H and O–H groups in total. The van der Waals surface area contributed by atoms with Crippen molar-refractivity contribution in [3.05, 3.63) is 401 Å². The summed E-state index contributed by atoms with van der Waals surface area (Å²) < 4.78 is 158. The number of furan rings is 4. The van der Waals surface area contributed by atoms with Crippen LogP contribution in [-0.4, -0.2) is 4.98 Å². The van der Waals surface area contributed by atoms with E-state index in [4.69, 9.17) is 43.2 Å². The van der Waals surface area contributed by atoms with Gasteiger partial charge in [-0.15, -0.1) is 0 Å². The molecule has 9 heterocycles. The van der Waals surface area contributed by atoms with Gasteiger partial charge in [-0.1, -0.05) is 261 Å². The van der Waals surface area contributed by atoms with E-state index >= 15 is 0 Å². The quantitative estimate of drug-likeness (QED) is 0.142. The summed E-state index contributed by atoms with van der Waals surface area (Å²) in [5.74, 6) is 0. The van der Waals surface area contributed by atoms with Crippen molar-refractivity contribution in [2.75, 3.05) is 0 Å². The molecule has 0 amide bonds. The molecule has 0 unspecified atom stereocenters. The number of benzene rings is 15. The van der Waals surface area contributed by atoms with E-state index in [1.807, 2.05) is 228 Å². The first-order valence-corrected chi connectivity index (χ1v) is 44.3. The summed E-state index contributed by atoms with van der Waals surface area (Å²) in [5.41, 5.74) is 27.4. The van der Waals surface area contributed by atoms with E-state index in [1.165, 1.54) is 43.8 Å². The lowest BCUT2D eigenvalue weighted by atomic mass is 9.93. The second-order valence-electron chi connectivity index (χ2n) is 34.8. The van der Waals surface area contributed by atoms with Gasteiger partial charge in [-0.25, -0.2) is 23.3 Å². The Labute approximate surface area is 789 Å². The van der Waals surface area contributed by atoms with Crippen molar-refractivity contribution in [1.29, 1.82) is 0 Å². The fraction of sp³-hybridized carbons (Fsp3) is 0.130. The number of aromatic nitrogens is 5. The van der Waals surface area contributed by atoms with Gasteiger partial charge in [0.25, 0.3) is 0 Å². The molecule has 0 aliphatic rings. The smallest absolute Gasteiger partial charge is 0.228 e. The van der Waals surface area contributed by atoms with Gasteiger partial charge in [0.1, 0.15) is 61.7 Å². The van der Waals surface area contributed by atoms with E-state index in [9.17, 15) is 0 Å². The Bertz CT molecular complexity index is 9470. The Hall–Kier alpha value is -15.7. The highest BCUT2D eigenvalue weighted by atomic mass is 16.3. The molecule has 132 heavy (non-hydrogen) atoms. The third kappa shape index (κ3) is 14.3. The summed E-state index contributed by atoms with van der Waals surface area (Å²) >= 11 is 0. The van der Waals surface area contributed by atoms with Crippen molar-refractivity contribution >= 4 is 131 Å². The van der Waals surface area contributed by atoms with Crippen molar-refractivity contribution in [3.8, 4) is 89.5 Å². The number of nitrogens with zero attached hydrogens (tertiary/aromatic N) is 5. The largest absolute Gasteiger partial charge is 0.455 e. The summed E-state index contributed by atoms with van der Waals surface area (Å²) in [4.78, 5) is 4.82. The highest BCUT2D eigenvalue weighted by Crippen LogP contribution is 2.49. The first-order valence-electron chi connectivity index (χ1n) is 51.8. The Morgan fingerprint density at radius 3 is 1.09 bits per heavy atom. The molecule has 0 fully saturated rings. The molecule has 0 aliphatic carbocycles. The highest BCUT2D eigenvalue weighted by molar-refractivity contribution is 6.25. The molecule has 0 saturated carbocycles. The van der Waals surface area contributed by atoms with Gasteiger partial charge in [-0.2, -0.15) is 0 Å². The first kappa shape index (κ1) is 67.5. The fourth-order valence-electron chi connectivity index (χ4n) is 19.9. The van der Waals surface area contributed by atoms with Gasteiger partial charge in [0.15, 0.2) is 30.4 Å². The molecule has 9 heteroatoms. The normalized spacial score (nSPS) is 13.8. The van der Waals surface area contributed by atoms with Crippen molar-refractivity contribution in [1.82, 2.24) is 4.98 Å². The monoisotopic (exact) mass is 1730 g/mol. The third-order valence-electron chi connectivity index (χ3n) is 26.3. The lowest BCUT2D eigenvalue weighted by Gasteiger charge is -2.11. The number of fused-ring (bicyclic) bond motifs is 20. The molecule has 9 aromatic heterocycles. The molecule has 9 nitrogen and oxygen atoms in total. The molecule has 24 aromatic rings. The summed E-state index contributed by atoms with van der Waals surface area (Å²) in [5, 5.41) is 15.6. The molecule has 640 valence electrons. The van der Waals surface area contributed by atoms with E-state index in [0.717, 1.165) is 160 Å². The second kappa shape index (κ2) is 33.4. The van der Waals surface area contributed by atoms with Crippen LogP contribution in [0, 0.1) is 82.7 Å². The Morgan fingerprint density at radius 2 is 0.606 bits per heavy atom. The van der Waals surface area contributed by atoms with Gasteiger partial charge in [-0.05, 0) is 228 Å². The van der Waals surface area contributed by atoms with E-state index in [-0.39, 0.29) is 22.3 Å². The van der Waals surface area contributed by atoms with Gasteiger partial charge in [0.2, 0.25) is 28.5 Å². The minimum absolute atomic E-state index is 0.235. The van der Waals surface area contributed by atoms with Crippen molar-refractivity contribution < 1.29 is 56.5 Å². The van der Waals surface area contributed by atoms with E-state index in [2.05, 4.69) is 154 Å². The van der Waals surface area contributed by atoms with E-state index in [0.29, 0.717) is 61.1 Å². The number of hydrogen-bond donors (Lipinski definition) is 0. The predicted molar refractivity (Wildman–Crippen MR) is 548 cm³/mol. The molecule has 0 saturated heterocycles. The fourth-order valence-corrected chi connectivity index (χ4v) is 19.9. The van der Waals surface area contributed by atoms with Gasteiger partial charge in [0.05, 0.1) is 27.6 Å². The maximum atomic E-state index is 8.40. The first-order chi connectivity index (χ1) is 70.2. The van der Waals surface area contributed by atoms with Crippen molar-refractivity contribution in [2.45, 2.75) is 82.7 Å². The van der Waals surface area contributed by atoms with Crippen LogP contribution in [0.15, 0.2) is 352 Å². The van der Waals surface area contributed by atoms with Gasteiger partial charge in [-0.3, -0.25) is 0 Å². The maximum absolute atomic E-state index is 8.40. The van der Waals surface area contributed by atoms with Gasteiger partial charge in [0, 0.05) is 116 Å². The lowest BCUT2D eigenvalue weighted by molar-refractivity contribution is -0.660. The third-order valence-corrected chi connectivity index (χ3v) is 26.3. The molecule has 0 bridgehead atoms. The Kier molecular flexibility index (Phi) is 17.1. The Morgan fingerprint density at radius 1 is 0.235 bits per heavy atom. The van der Waals surface area contributed by atoms with Gasteiger partial charge < -0.3 is 17.7 Å². The highest BCUT2D eigenvalue weighted by Gasteiger charge is 2.31. The molecule has 0 aliphatic heterocycles. The molecular formula is C123H103N5O4+4. The van der Waals surface area contributed by atoms with Crippen LogP contribution in [0.5, 0.6) is 0 Å². The molecule has 0 atom stereocenters. The SMILES string of the molecule is Cc1ccc2c(oc3nc(C)c4ccccc4c32)c1-c1cc(-c2ccccc2)cc[n+]1C.[2H]C([2H])([2H])c1c[n+](C)c(-c2c(C)cc(C([2H])([2H])[2H])c3c2oc2cc(C)c4ccccc4c23)cc1-c1ccccc1.[2H]C([2H])([2H])c1c[n+](C)c(-c2c(C)cc(C([2H])([2H])[2H])c3c2oc2ccc4ccccc4c23)cc1-c1ccccc1.[2H]C([2H])([2H])c1c[n+](C)c(-c2c(C)ccc3c2oc2cc(C)c4ccccc4c23)cc1-c1ccccc1. The van der Waals surface area contributed by atoms with E-state index < -0.39 is 34.3 Å². The van der Waals surface area contributed by atoms with Crippen LogP contribution >= 0.6 is 0 Å². The molecule has 0 radical (unpaired) electrons. The second-order valence-corrected chi connectivity index (χ2v) is 34.8. The number of rotatable bonds is 8. The zero-order valence-corrected chi connectivity index (χ0v) is 75.1. The van der Waals surface area contributed by atoms with Gasteiger partial charge >= 0.3 is 0 Å². The van der Waals surface area contributed by atoms with Crippen LogP contribution in [-0.2, 0) is 28.2 Å². The topological polar surface area (TPSA) is 81.0 Å². The Balaban J connectivity index is 0.000000115. The summed E-state index contributed by atoms with van der Waals surface area (Å²) in [7, 11) is 7.60. The number of pyridine rings is 5. The van der Waals surface area contributed by atoms with Crippen LogP contribution in [0.3, 0.4) is 0 Å². The van der Waals surface area contributed by atoms with E-state index in [1.54, 1.807) is 46.9 Å². The number of hydrogen-bond acceptors (Lipinski definition) is 5. The summed E-state index contributed by atoms with van der Waals surface area (Å²) in [6, 6.07) is 102. The summed E-state index contributed by atoms with van der Waals surface area (Å²) in [6.45, 7) is 2.52. The number of aryl methyl sites for hydroxylation is 16. The van der Waals surface area contributed by atoms with Crippen molar-refractivity contribution in [3.63, 3.8) is 0 Å². The van der Waals surface area contributed by atoms with Crippen LogP contribution in [0.25, 0.3) is 221 Å². The minimum Gasteiger partial charge on any atom is -0.455 e. The lowest BCUT2D eigenvalue weighted by Crippen LogP contribution is -2.31. The predicted octanol–water partition coefficient (Wildman–Crippen LogP) is 30.7. The van der Waals surface area contributed by atoms with Crippen LogP contribution < -0.4 is 18.3 Å². The van der Waals surface area contributed by atoms with Crippen LogP contribution in [0.2, 0.25) is 0 Å². The molecule has 0 spiro atoms. The van der Waals surface area contributed by atoms with Crippen LogP contribution in [0.4, 0.5) is 0 Å². The standard InChI is InChI=1S/C32H28NO.2C31H26NO.C29H23N2O/c1-19-16-28-31(25-14-10-9-13-24(19)25)30-21(3)15-20(2)29(32(30)34-28)27-17-26(22(4)18-33(27)5)23-11-7-6-8-12-23;1-19-16-20(2)29-30-24-13-9-8-12-23(24)14-15-27(30)33-31(29)28(19)26-17-25(21(3)18-32(26)4)22-10-6-5-7-11-22;1-19-14-15-25-30-24-13-9-8-12-23(24)20(2)16-28(30)33-31(25)29(19)27-17-26(21(3)18-32(27)4)22-10-6-5-7-11-22;1-18-13-14-24-27-23-12-8-7-11-22(23)19(2)30-29(27)32-28(24)26(18)25-17-21(15-16-31(25)3)20-9-5-4-6-10-20/h6-18H,1-5H3;2*5-18H,1-4H3;4-17H,1-3H3/q4*+1/i3D3,4D3;2D3,3D3;3D3;. The van der Waals surface area contributed by atoms with Crippen LogP contribution in [0.1, 0.15) is 87.5 Å².